The third-order valence-electron chi connectivity index (χ3n) is 3.41. The first-order chi connectivity index (χ1) is 7.95. The lowest BCUT2D eigenvalue weighted by molar-refractivity contribution is 1.70. The molecule has 0 unspecified atom stereocenters. The Morgan fingerprint density at radius 1 is 0.471 bits per heavy atom. The first kappa shape index (κ1) is 10.1. The van der Waals surface area contributed by atoms with E-state index in [1.54, 1.807) is 0 Å². The van der Waals surface area contributed by atoms with Crippen molar-refractivity contribution in [1.82, 2.24) is 0 Å². The Morgan fingerprint density at radius 3 is 1.47 bits per heavy atom. The van der Waals surface area contributed by atoms with Crippen LogP contribution in [-0.2, 0) is 0 Å². The Bertz CT molecular complexity index is 650. The maximum Gasteiger partial charge on any atom is 0 e. The van der Waals surface area contributed by atoms with Gasteiger partial charge in [0.25, 0.3) is 0 Å². The summed E-state index contributed by atoms with van der Waals surface area (Å²) in [6.45, 7) is 0. The Kier molecular flexibility index (Phi) is 2.05. The Morgan fingerprint density at radius 2 is 0.941 bits per heavy atom. The van der Waals surface area contributed by atoms with Gasteiger partial charge in [-0.1, -0.05) is 60.7 Å². The van der Waals surface area contributed by atoms with Gasteiger partial charge in [0.1, 0.15) is 0 Å². The monoisotopic (exact) mass is 214 g/mol. The summed E-state index contributed by atoms with van der Waals surface area (Å²) in [5, 5.41) is 2.75. The van der Waals surface area contributed by atoms with E-state index in [4.69, 9.17) is 0 Å². The van der Waals surface area contributed by atoms with Crippen molar-refractivity contribution < 1.29 is 0 Å². The Balaban J connectivity index is 0.000000902. The van der Waals surface area contributed by atoms with Gasteiger partial charge in [0.15, 0.2) is 0 Å². The maximum absolute atomic E-state index is 2.22. The zero-order valence-electron chi connectivity index (χ0n) is 9.27. The molecule has 0 aromatic heterocycles. The predicted molar refractivity (Wildman–Crippen MR) is 71.6 cm³/mol. The molecule has 0 saturated carbocycles. The van der Waals surface area contributed by atoms with E-state index < -0.39 is 0 Å². The van der Waals surface area contributed by atoms with Gasteiger partial charge >= 0.3 is 0 Å². The van der Waals surface area contributed by atoms with Crippen molar-refractivity contribution in [1.29, 1.82) is 0 Å². The van der Waals surface area contributed by atoms with E-state index >= 15 is 0 Å². The molecule has 0 saturated heterocycles. The molecule has 0 amide bonds. The third-order valence-corrected chi connectivity index (χ3v) is 3.41. The molecule has 0 heteroatoms. The van der Waals surface area contributed by atoms with Crippen molar-refractivity contribution in [3.05, 3.63) is 68.1 Å². The minimum Gasteiger partial charge on any atom is -0.0616 e. The summed E-state index contributed by atoms with van der Waals surface area (Å²) in [4.78, 5) is 0. The summed E-state index contributed by atoms with van der Waals surface area (Å²) in [7, 11) is 0. The fraction of sp³-hybridized carbons (Fsp3) is 0. The smallest absolute Gasteiger partial charge is 0 e. The number of hydrogen-bond acceptors (Lipinski definition) is 0. The second kappa shape index (κ2) is 3.46. The minimum atomic E-state index is 0. The van der Waals surface area contributed by atoms with Crippen LogP contribution >= 0.6 is 0 Å². The molecule has 0 atom stereocenters. The van der Waals surface area contributed by atoms with Crippen LogP contribution < -0.4 is 0 Å². The Labute approximate surface area is 102 Å². The molecule has 0 N–H and O–H groups in total. The summed E-state index contributed by atoms with van der Waals surface area (Å²) in [6.07, 6.45) is 0. The highest BCUT2D eigenvalue weighted by molar-refractivity contribution is 6.15. The van der Waals surface area contributed by atoms with E-state index in [0.29, 0.717) is 0 Å². The van der Waals surface area contributed by atoms with Crippen LogP contribution in [0.2, 0.25) is 0 Å². The third kappa shape index (κ3) is 1.18. The average molecular weight is 214 g/mol. The van der Waals surface area contributed by atoms with Crippen LogP contribution in [0.1, 0.15) is 0 Å². The van der Waals surface area contributed by atoms with Crippen molar-refractivity contribution in [2.75, 3.05) is 0 Å². The van der Waals surface area contributed by atoms with E-state index in [9.17, 15) is 0 Å². The van der Waals surface area contributed by atoms with Crippen LogP contribution in [0.3, 0.4) is 0 Å². The molecular formula is C17H10. The van der Waals surface area contributed by atoms with Crippen molar-refractivity contribution in [3.63, 3.8) is 0 Å². The molecule has 0 bridgehead atoms. The molecule has 3 aromatic rings. The van der Waals surface area contributed by atoms with Crippen LogP contribution in [0.15, 0.2) is 60.7 Å². The van der Waals surface area contributed by atoms with Crippen molar-refractivity contribution in [3.8, 4) is 22.3 Å². The van der Waals surface area contributed by atoms with Crippen LogP contribution in [0, 0.1) is 7.43 Å². The number of benzene rings is 3. The van der Waals surface area contributed by atoms with E-state index in [2.05, 4.69) is 60.7 Å². The minimum absolute atomic E-state index is 0. The molecule has 1 aliphatic rings. The molecule has 78 valence electrons. The van der Waals surface area contributed by atoms with Gasteiger partial charge in [-0.3, -0.25) is 0 Å². The molecule has 0 fully saturated rings. The van der Waals surface area contributed by atoms with Crippen molar-refractivity contribution >= 4 is 10.8 Å². The summed E-state index contributed by atoms with van der Waals surface area (Å²) >= 11 is 0. The molecule has 4 rings (SSSR count). The largest absolute Gasteiger partial charge is 0.0616 e. The maximum atomic E-state index is 2.22. The number of fused-ring (bicyclic) bond motifs is 3. The highest BCUT2D eigenvalue weighted by atomic mass is 14.2. The topological polar surface area (TPSA) is 0 Å². The predicted octanol–water partition coefficient (Wildman–Crippen LogP) is 4.57. The van der Waals surface area contributed by atoms with Gasteiger partial charge in [-0.15, -0.1) is 0 Å². The van der Waals surface area contributed by atoms with Gasteiger partial charge in [-0.05, 0) is 33.0 Å². The van der Waals surface area contributed by atoms with Gasteiger partial charge in [-0.25, -0.2) is 0 Å². The first-order valence-corrected chi connectivity index (χ1v) is 5.57. The summed E-state index contributed by atoms with van der Waals surface area (Å²) in [6, 6.07) is 21.8. The standard InChI is InChI=1S/C16H10.C/c1-2-8-13-12(7-1)14-9-3-5-11-6-4-10-15(13)16(11)14;/h1-10H;. The van der Waals surface area contributed by atoms with Crippen molar-refractivity contribution in [2.45, 2.75) is 0 Å². The van der Waals surface area contributed by atoms with Crippen LogP contribution in [0.25, 0.3) is 33.0 Å². The molecule has 0 nitrogen and oxygen atoms in total. The van der Waals surface area contributed by atoms with Crippen molar-refractivity contribution in [2.24, 2.45) is 0 Å². The molecule has 0 spiro atoms. The van der Waals surface area contributed by atoms with Crippen LogP contribution in [0.5, 0.6) is 0 Å². The Hall–Kier alpha value is -2.08. The van der Waals surface area contributed by atoms with E-state index in [1.165, 1.54) is 33.0 Å². The fourth-order valence-corrected chi connectivity index (χ4v) is 2.74. The number of hydrogen-bond donors (Lipinski definition) is 0. The summed E-state index contributed by atoms with van der Waals surface area (Å²) in [5.41, 5.74) is 5.50. The molecule has 0 aliphatic heterocycles. The second-order valence-corrected chi connectivity index (χ2v) is 4.25. The van der Waals surface area contributed by atoms with Gasteiger partial charge in [0, 0.05) is 7.43 Å². The summed E-state index contributed by atoms with van der Waals surface area (Å²) in [5.74, 6) is 0. The lowest BCUT2D eigenvalue weighted by atomic mass is 10.0. The fourth-order valence-electron chi connectivity index (χ4n) is 2.74. The SMILES string of the molecule is [C].c1ccc2c(c1)-c1cccc3cccc-2c13. The highest BCUT2D eigenvalue weighted by Gasteiger charge is 2.19. The average Bonchev–Trinajstić information content (AvgIpc) is 2.68. The van der Waals surface area contributed by atoms with Crippen LogP contribution in [0.4, 0.5) is 0 Å². The van der Waals surface area contributed by atoms with Gasteiger partial charge in [0.2, 0.25) is 0 Å². The zero-order chi connectivity index (χ0) is 10.5. The molecule has 0 heterocycles. The lowest BCUT2D eigenvalue weighted by Gasteiger charge is -2.00. The summed E-state index contributed by atoms with van der Waals surface area (Å²) < 4.78 is 0. The van der Waals surface area contributed by atoms with E-state index in [-0.39, 0.29) is 7.43 Å². The molecular weight excluding hydrogens is 204 g/mol. The molecule has 1 aliphatic carbocycles. The quantitative estimate of drug-likeness (QED) is 0.402. The van der Waals surface area contributed by atoms with Gasteiger partial charge in [0.05, 0.1) is 0 Å². The van der Waals surface area contributed by atoms with E-state index in [1.807, 2.05) is 0 Å². The zero-order valence-corrected chi connectivity index (χ0v) is 9.27. The molecule has 3 aromatic carbocycles. The van der Waals surface area contributed by atoms with Gasteiger partial charge in [-0.2, -0.15) is 0 Å². The second-order valence-electron chi connectivity index (χ2n) is 4.25. The molecule has 4 radical (unpaired) electrons. The molecule has 17 heavy (non-hydrogen) atoms. The normalized spacial score (nSPS) is 11.1. The first-order valence-electron chi connectivity index (χ1n) is 5.57. The van der Waals surface area contributed by atoms with Crippen LogP contribution in [-0.4, -0.2) is 0 Å². The highest BCUT2D eigenvalue weighted by Crippen LogP contribution is 2.46. The van der Waals surface area contributed by atoms with Gasteiger partial charge < -0.3 is 0 Å². The lowest BCUT2D eigenvalue weighted by Crippen LogP contribution is -1.73. The van der Waals surface area contributed by atoms with E-state index in [0.717, 1.165) is 0 Å². The number of rotatable bonds is 0.